The third kappa shape index (κ3) is 3.87. The first-order chi connectivity index (χ1) is 11.9. The van der Waals surface area contributed by atoms with Gasteiger partial charge in [0.25, 0.3) is 5.91 Å². The maximum absolute atomic E-state index is 12.4. The number of carbonyl (C=O) groups is 2. The Bertz CT molecular complexity index is 657. The van der Waals surface area contributed by atoms with E-state index in [4.69, 9.17) is 18.9 Å². The van der Waals surface area contributed by atoms with Crippen molar-refractivity contribution < 1.29 is 28.5 Å². The fraction of sp³-hybridized carbons (Fsp3) is 0.444. The van der Waals surface area contributed by atoms with Gasteiger partial charge in [0, 0.05) is 6.08 Å². The molecule has 0 saturated carbocycles. The maximum Gasteiger partial charge on any atom is 0.417 e. The lowest BCUT2D eigenvalue weighted by Crippen LogP contribution is -2.40. The van der Waals surface area contributed by atoms with Crippen LogP contribution in [0.1, 0.15) is 19.4 Å². The Hall–Kier alpha value is -2.70. The molecule has 2 rings (SSSR count). The van der Waals surface area contributed by atoms with E-state index in [1.807, 2.05) is 13.8 Å². The van der Waals surface area contributed by atoms with Crippen LogP contribution < -0.4 is 14.2 Å². The van der Waals surface area contributed by atoms with Crippen molar-refractivity contribution in [1.82, 2.24) is 4.90 Å². The van der Waals surface area contributed by atoms with E-state index in [1.165, 1.54) is 27.4 Å². The standard InChI is InChI=1S/C18H23NO6/c1-11(2)13-10-25-18(21)19(13)16(20)7-6-12-8-14(22-3)17(24-5)15(9-12)23-4/h6-9,11,13H,10H2,1-5H3/b7-6+/t13-/m1/s1. The van der Waals surface area contributed by atoms with Gasteiger partial charge in [0.05, 0.1) is 27.4 Å². The summed E-state index contributed by atoms with van der Waals surface area (Å²) in [5.41, 5.74) is 0.677. The van der Waals surface area contributed by atoms with Crippen LogP contribution in [0.25, 0.3) is 6.08 Å². The average molecular weight is 349 g/mol. The first-order valence-electron chi connectivity index (χ1n) is 7.91. The third-order valence-corrected chi connectivity index (χ3v) is 4.02. The molecule has 0 bridgehead atoms. The lowest BCUT2D eigenvalue weighted by Gasteiger charge is -2.21. The highest BCUT2D eigenvalue weighted by atomic mass is 16.6. The highest BCUT2D eigenvalue weighted by Gasteiger charge is 2.38. The fourth-order valence-electron chi connectivity index (χ4n) is 2.63. The van der Waals surface area contributed by atoms with Gasteiger partial charge in [-0.3, -0.25) is 4.79 Å². The quantitative estimate of drug-likeness (QED) is 0.735. The molecule has 1 aliphatic rings. The Labute approximate surface area is 147 Å². The summed E-state index contributed by atoms with van der Waals surface area (Å²) in [7, 11) is 4.55. The minimum absolute atomic E-state index is 0.116. The molecule has 1 aromatic rings. The molecule has 0 unspecified atom stereocenters. The van der Waals surface area contributed by atoms with Gasteiger partial charge in [0.15, 0.2) is 11.5 Å². The molecule has 1 heterocycles. The van der Waals surface area contributed by atoms with Crippen LogP contribution in [0.3, 0.4) is 0 Å². The largest absolute Gasteiger partial charge is 0.493 e. The summed E-state index contributed by atoms with van der Waals surface area (Å²) in [6.45, 7) is 4.10. The zero-order valence-electron chi connectivity index (χ0n) is 15.1. The minimum atomic E-state index is -0.613. The number of carbonyl (C=O) groups excluding carboxylic acids is 2. The SMILES string of the molecule is COc1cc(/C=C/C(=O)N2C(=O)OC[C@@H]2C(C)C)cc(OC)c1OC. The minimum Gasteiger partial charge on any atom is -0.493 e. The molecule has 7 nitrogen and oxygen atoms in total. The van der Waals surface area contributed by atoms with Crippen LogP contribution in [0, 0.1) is 5.92 Å². The predicted octanol–water partition coefficient (Wildman–Crippen LogP) is 2.73. The van der Waals surface area contributed by atoms with Gasteiger partial charge in [0.1, 0.15) is 6.61 Å². The summed E-state index contributed by atoms with van der Waals surface area (Å²) in [6.07, 6.45) is 2.32. The normalized spacial score (nSPS) is 17.1. The molecule has 1 fully saturated rings. The molecule has 2 amide bonds. The summed E-state index contributed by atoms with van der Waals surface area (Å²) >= 11 is 0. The molecule has 0 radical (unpaired) electrons. The van der Waals surface area contributed by atoms with E-state index in [1.54, 1.807) is 18.2 Å². The zero-order valence-corrected chi connectivity index (χ0v) is 15.1. The van der Waals surface area contributed by atoms with E-state index >= 15 is 0 Å². The summed E-state index contributed by atoms with van der Waals surface area (Å²) in [5, 5.41) is 0. The van der Waals surface area contributed by atoms with E-state index in [9.17, 15) is 9.59 Å². The first-order valence-corrected chi connectivity index (χ1v) is 7.91. The Balaban J connectivity index is 2.26. The van der Waals surface area contributed by atoms with Gasteiger partial charge < -0.3 is 18.9 Å². The van der Waals surface area contributed by atoms with Gasteiger partial charge in [-0.25, -0.2) is 9.69 Å². The van der Waals surface area contributed by atoms with Gasteiger partial charge in [-0.1, -0.05) is 13.8 Å². The molecule has 1 aromatic carbocycles. The monoisotopic (exact) mass is 349 g/mol. The van der Waals surface area contributed by atoms with Crippen molar-refractivity contribution in [3.05, 3.63) is 23.8 Å². The van der Waals surface area contributed by atoms with Gasteiger partial charge in [-0.05, 0) is 29.7 Å². The van der Waals surface area contributed by atoms with Crippen molar-refractivity contribution in [3.63, 3.8) is 0 Å². The molecule has 1 saturated heterocycles. The summed E-state index contributed by atoms with van der Waals surface area (Å²) in [6, 6.07) is 3.17. The van der Waals surface area contributed by atoms with Gasteiger partial charge >= 0.3 is 6.09 Å². The molecular formula is C18H23NO6. The molecule has 1 atom stereocenters. The molecule has 0 N–H and O–H groups in total. The summed E-state index contributed by atoms with van der Waals surface area (Å²) in [4.78, 5) is 25.4. The van der Waals surface area contributed by atoms with Gasteiger partial charge in [0.2, 0.25) is 5.75 Å². The summed E-state index contributed by atoms with van der Waals surface area (Å²) in [5.74, 6) is 1.13. The molecular weight excluding hydrogens is 326 g/mol. The molecule has 1 aliphatic heterocycles. The fourth-order valence-corrected chi connectivity index (χ4v) is 2.63. The van der Waals surface area contributed by atoms with Crippen molar-refractivity contribution in [2.45, 2.75) is 19.9 Å². The molecule has 25 heavy (non-hydrogen) atoms. The topological polar surface area (TPSA) is 74.3 Å². The molecule has 0 aliphatic carbocycles. The van der Waals surface area contributed by atoms with E-state index in [0.29, 0.717) is 22.8 Å². The van der Waals surface area contributed by atoms with Gasteiger partial charge in [-0.2, -0.15) is 0 Å². The number of methoxy groups -OCH3 is 3. The molecule has 7 heteroatoms. The van der Waals surface area contributed by atoms with Crippen LogP contribution in [0.4, 0.5) is 4.79 Å². The molecule has 0 aromatic heterocycles. The van der Waals surface area contributed by atoms with E-state index < -0.39 is 12.0 Å². The number of ether oxygens (including phenoxy) is 4. The Morgan fingerprint density at radius 3 is 2.28 bits per heavy atom. The van der Waals surface area contributed by atoms with Crippen molar-refractivity contribution in [3.8, 4) is 17.2 Å². The van der Waals surface area contributed by atoms with Crippen molar-refractivity contribution in [2.75, 3.05) is 27.9 Å². The second kappa shape index (κ2) is 7.92. The van der Waals surface area contributed by atoms with Crippen LogP contribution in [0.5, 0.6) is 17.2 Å². The maximum atomic E-state index is 12.4. The first kappa shape index (κ1) is 18.6. The zero-order chi connectivity index (χ0) is 18.6. The van der Waals surface area contributed by atoms with E-state index in [2.05, 4.69) is 0 Å². The van der Waals surface area contributed by atoms with Crippen molar-refractivity contribution in [1.29, 1.82) is 0 Å². The highest BCUT2D eigenvalue weighted by Crippen LogP contribution is 2.38. The second-order valence-corrected chi connectivity index (χ2v) is 5.89. The number of amides is 2. The highest BCUT2D eigenvalue weighted by molar-refractivity contribution is 6.02. The van der Waals surface area contributed by atoms with E-state index in [0.717, 1.165) is 4.90 Å². The Morgan fingerprint density at radius 1 is 1.20 bits per heavy atom. The Morgan fingerprint density at radius 2 is 1.80 bits per heavy atom. The number of hydrogen-bond donors (Lipinski definition) is 0. The van der Waals surface area contributed by atoms with E-state index in [-0.39, 0.29) is 18.6 Å². The number of benzene rings is 1. The number of hydrogen-bond acceptors (Lipinski definition) is 6. The lowest BCUT2D eigenvalue weighted by atomic mass is 10.0. The summed E-state index contributed by atoms with van der Waals surface area (Å²) < 4.78 is 20.8. The van der Waals surface area contributed by atoms with Crippen LogP contribution >= 0.6 is 0 Å². The number of nitrogens with zero attached hydrogens (tertiary/aromatic N) is 1. The Kier molecular flexibility index (Phi) is 5.90. The van der Waals surface area contributed by atoms with Crippen molar-refractivity contribution in [2.24, 2.45) is 5.92 Å². The predicted molar refractivity (Wildman–Crippen MR) is 92.0 cm³/mol. The van der Waals surface area contributed by atoms with Crippen LogP contribution in [0.15, 0.2) is 18.2 Å². The average Bonchev–Trinajstić information content (AvgIpc) is 3.00. The number of imide groups is 1. The second-order valence-electron chi connectivity index (χ2n) is 5.89. The lowest BCUT2D eigenvalue weighted by molar-refractivity contribution is -0.124. The molecule has 0 spiro atoms. The van der Waals surface area contributed by atoms with Crippen molar-refractivity contribution >= 4 is 18.1 Å². The van der Waals surface area contributed by atoms with Crippen LogP contribution in [-0.2, 0) is 9.53 Å². The van der Waals surface area contributed by atoms with Crippen LogP contribution in [0.2, 0.25) is 0 Å². The number of cyclic esters (lactones) is 1. The van der Waals surface area contributed by atoms with Crippen LogP contribution in [-0.4, -0.2) is 50.9 Å². The third-order valence-electron chi connectivity index (χ3n) is 4.02. The number of rotatable bonds is 6. The smallest absolute Gasteiger partial charge is 0.417 e. The van der Waals surface area contributed by atoms with Gasteiger partial charge in [-0.15, -0.1) is 0 Å². The molecule has 136 valence electrons.